The van der Waals surface area contributed by atoms with Crippen LogP contribution in [-0.4, -0.2) is 49.1 Å². The normalized spacial score (nSPS) is 10.7. The van der Waals surface area contributed by atoms with Crippen molar-refractivity contribution in [3.63, 3.8) is 0 Å². The van der Waals surface area contributed by atoms with E-state index in [0.717, 1.165) is 30.8 Å². The maximum atomic E-state index is 10.8. The van der Waals surface area contributed by atoms with E-state index in [1.807, 2.05) is 47.2 Å². The molecule has 1 aromatic carbocycles. The molecule has 0 radical (unpaired) electrons. The highest BCUT2D eigenvalue weighted by atomic mass is 16.6. The van der Waals surface area contributed by atoms with Gasteiger partial charge in [0.15, 0.2) is 0 Å². The zero-order chi connectivity index (χ0) is 22.9. The molecular weight excluding hydrogens is 420 g/mol. The fraction of sp³-hybridized carbons (Fsp3) is 0.217. The first-order chi connectivity index (χ1) is 16.2. The first-order valence-electron chi connectivity index (χ1n) is 10.6. The Morgan fingerprint density at radius 2 is 1.91 bits per heavy atom. The minimum Gasteiger partial charge on any atom is -0.368 e. The van der Waals surface area contributed by atoms with E-state index in [2.05, 4.69) is 25.2 Å². The maximum Gasteiger partial charge on any atom is 0.287 e. The lowest BCUT2D eigenvalue weighted by atomic mass is 10.1. The van der Waals surface area contributed by atoms with Crippen molar-refractivity contribution in [2.45, 2.75) is 13.0 Å². The highest BCUT2D eigenvalue weighted by Gasteiger charge is 2.12. The second-order valence-corrected chi connectivity index (χ2v) is 7.33. The number of pyridine rings is 1. The first-order valence-corrected chi connectivity index (χ1v) is 10.6. The fourth-order valence-corrected chi connectivity index (χ4v) is 3.36. The van der Waals surface area contributed by atoms with Crippen LogP contribution in [0.15, 0.2) is 79.6 Å². The van der Waals surface area contributed by atoms with Gasteiger partial charge < -0.3 is 14.8 Å². The predicted molar refractivity (Wildman–Crippen MR) is 126 cm³/mol. The summed E-state index contributed by atoms with van der Waals surface area (Å²) in [6, 6.07) is 14.9. The molecule has 4 aromatic rings. The van der Waals surface area contributed by atoms with Crippen LogP contribution in [0.5, 0.6) is 0 Å². The van der Waals surface area contributed by atoms with Gasteiger partial charge in [0.1, 0.15) is 12.0 Å². The van der Waals surface area contributed by atoms with Gasteiger partial charge in [0, 0.05) is 56.4 Å². The van der Waals surface area contributed by atoms with Crippen LogP contribution in [0.4, 0.5) is 17.5 Å². The van der Waals surface area contributed by atoms with Crippen LogP contribution >= 0.6 is 0 Å². The molecule has 3 heterocycles. The van der Waals surface area contributed by atoms with E-state index >= 15 is 0 Å². The summed E-state index contributed by atoms with van der Waals surface area (Å²) in [6.45, 7) is 2.81. The van der Waals surface area contributed by atoms with Crippen molar-refractivity contribution < 1.29 is 4.92 Å². The van der Waals surface area contributed by atoms with Gasteiger partial charge in [-0.3, -0.25) is 10.1 Å². The molecule has 0 atom stereocenters. The van der Waals surface area contributed by atoms with Gasteiger partial charge in [0.25, 0.3) is 5.69 Å². The van der Waals surface area contributed by atoms with Crippen LogP contribution in [0.3, 0.4) is 0 Å². The number of aryl methyl sites for hydroxylation is 1. The van der Waals surface area contributed by atoms with E-state index in [0.29, 0.717) is 24.9 Å². The summed E-state index contributed by atoms with van der Waals surface area (Å²) in [5.41, 5.74) is 1.87. The topological polar surface area (TPSA) is 115 Å². The number of imidazole rings is 1. The quantitative estimate of drug-likeness (QED) is 0.275. The Bertz CT molecular complexity index is 1150. The molecule has 0 saturated carbocycles. The number of anilines is 2. The molecule has 0 aliphatic rings. The van der Waals surface area contributed by atoms with Crippen LogP contribution in [0, 0.1) is 10.1 Å². The Kier molecular flexibility index (Phi) is 7.16. The Morgan fingerprint density at radius 1 is 1.03 bits per heavy atom. The summed E-state index contributed by atoms with van der Waals surface area (Å²) in [4.78, 5) is 30.0. The van der Waals surface area contributed by atoms with Gasteiger partial charge >= 0.3 is 0 Å². The van der Waals surface area contributed by atoms with Crippen molar-refractivity contribution in [2.24, 2.45) is 0 Å². The highest BCUT2D eigenvalue weighted by Crippen LogP contribution is 2.19. The molecule has 0 unspecified atom stereocenters. The monoisotopic (exact) mass is 444 g/mol. The van der Waals surface area contributed by atoms with E-state index in [4.69, 9.17) is 4.98 Å². The van der Waals surface area contributed by atoms with Crippen molar-refractivity contribution in [1.82, 2.24) is 24.5 Å². The molecule has 0 amide bonds. The van der Waals surface area contributed by atoms with Gasteiger partial charge in [-0.15, -0.1) is 0 Å². The van der Waals surface area contributed by atoms with Gasteiger partial charge in [0.05, 0.1) is 16.9 Å². The van der Waals surface area contributed by atoms with E-state index < -0.39 is 4.92 Å². The molecule has 0 saturated heterocycles. The number of nitro groups is 1. The second-order valence-electron chi connectivity index (χ2n) is 7.33. The van der Waals surface area contributed by atoms with Crippen molar-refractivity contribution >= 4 is 17.5 Å². The number of hydrogen-bond acceptors (Lipinski definition) is 8. The van der Waals surface area contributed by atoms with Crippen LogP contribution in [0.2, 0.25) is 0 Å². The number of rotatable bonds is 11. The smallest absolute Gasteiger partial charge is 0.287 e. The van der Waals surface area contributed by atoms with Gasteiger partial charge in [-0.2, -0.15) is 0 Å². The molecule has 0 bridgehead atoms. The van der Waals surface area contributed by atoms with Crippen LogP contribution < -0.4 is 10.2 Å². The molecule has 10 nitrogen and oxygen atoms in total. The lowest BCUT2D eigenvalue weighted by Gasteiger charge is -2.23. The highest BCUT2D eigenvalue weighted by molar-refractivity contribution is 5.59. The molecule has 0 fully saturated rings. The van der Waals surface area contributed by atoms with Crippen LogP contribution in [0.1, 0.15) is 6.42 Å². The van der Waals surface area contributed by atoms with Gasteiger partial charge in [-0.25, -0.2) is 19.9 Å². The van der Waals surface area contributed by atoms with E-state index in [9.17, 15) is 10.1 Å². The van der Waals surface area contributed by atoms with Crippen LogP contribution in [0.25, 0.3) is 11.3 Å². The number of aromatic nitrogens is 5. The van der Waals surface area contributed by atoms with E-state index in [1.54, 1.807) is 24.8 Å². The third kappa shape index (κ3) is 6.10. The van der Waals surface area contributed by atoms with Gasteiger partial charge in [-0.05, 0) is 18.6 Å². The molecule has 4 rings (SSSR count). The summed E-state index contributed by atoms with van der Waals surface area (Å²) in [6.07, 6.45) is 9.43. The molecule has 3 aromatic heterocycles. The van der Waals surface area contributed by atoms with Crippen LogP contribution in [-0.2, 0) is 6.54 Å². The average Bonchev–Trinajstić information content (AvgIpc) is 3.38. The largest absolute Gasteiger partial charge is 0.368 e. The minimum absolute atomic E-state index is 0.0344. The number of hydrogen-bond donors (Lipinski definition) is 1. The average molecular weight is 444 g/mol. The summed E-state index contributed by atoms with van der Waals surface area (Å²) < 4.78 is 2.04. The van der Waals surface area contributed by atoms with Crippen molar-refractivity contribution in [1.29, 1.82) is 0 Å². The van der Waals surface area contributed by atoms with Crippen molar-refractivity contribution in [2.75, 3.05) is 29.9 Å². The molecule has 0 spiro atoms. The number of benzene rings is 1. The number of nitrogens with zero attached hydrogens (tertiary/aromatic N) is 7. The van der Waals surface area contributed by atoms with Crippen molar-refractivity contribution in [3.05, 3.63) is 89.8 Å². The summed E-state index contributed by atoms with van der Waals surface area (Å²) in [5, 5.41) is 14.0. The molecule has 0 aliphatic carbocycles. The SMILES string of the molecule is O=[N+]([O-])c1ccc(NCCN(CCCn2ccnc2)c2nccc(-c3ccccc3)n2)nc1. The Balaban J connectivity index is 1.44. The van der Waals surface area contributed by atoms with Gasteiger partial charge in [0.2, 0.25) is 5.95 Å². The third-order valence-corrected chi connectivity index (χ3v) is 5.05. The molecule has 1 N–H and O–H groups in total. The lowest BCUT2D eigenvalue weighted by Crippen LogP contribution is -2.32. The Labute approximate surface area is 191 Å². The molecule has 168 valence electrons. The van der Waals surface area contributed by atoms with Gasteiger partial charge in [-0.1, -0.05) is 30.3 Å². The standard InChI is InChI=1S/C23H24N8O2/c32-31(33)20-7-8-22(27-17-20)25-12-16-30(14-4-13-29-15-11-24-18-29)23-26-10-9-21(28-23)19-5-2-1-3-6-19/h1-3,5-11,15,17-18H,4,12-14,16H2,(H,25,27). The molecule has 33 heavy (non-hydrogen) atoms. The fourth-order valence-electron chi connectivity index (χ4n) is 3.36. The second kappa shape index (κ2) is 10.8. The number of nitrogens with one attached hydrogen (secondary N) is 1. The third-order valence-electron chi connectivity index (χ3n) is 5.05. The zero-order valence-electron chi connectivity index (χ0n) is 18.0. The first kappa shape index (κ1) is 21.9. The predicted octanol–water partition coefficient (Wildman–Crippen LogP) is 3.65. The molecule has 0 aliphatic heterocycles. The van der Waals surface area contributed by atoms with E-state index in [1.165, 1.54) is 12.3 Å². The zero-order valence-corrected chi connectivity index (χ0v) is 18.0. The summed E-state index contributed by atoms with van der Waals surface area (Å²) >= 11 is 0. The Hall–Kier alpha value is -4.34. The minimum atomic E-state index is -0.462. The lowest BCUT2D eigenvalue weighted by molar-refractivity contribution is -0.385. The molecule has 10 heteroatoms. The summed E-state index contributed by atoms with van der Waals surface area (Å²) in [7, 11) is 0. The molecular formula is C23H24N8O2. The van der Waals surface area contributed by atoms with Crippen molar-refractivity contribution in [3.8, 4) is 11.3 Å². The summed E-state index contributed by atoms with van der Waals surface area (Å²) in [5.74, 6) is 1.23. The Morgan fingerprint density at radius 3 is 2.64 bits per heavy atom. The maximum absolute atomic E-state index is 10.8. The van der Waals surface area contributed by atoms with E-state index in [-0.39, 0.29) is 5.69 Å².